The van der Waals surface area contributed by atoms with Gasteiger partial charge in [0.05, 0.1) is 23.4 Å². The quantitative estimate of drug-likeness (QED) is 0.838. The molecule has 1 amide bonds. The molecule has 1 aliphatic heterocycles. The van der Waals surface area contributed by atoms with E-state index in [0.29, 0.717) is 35.2 Å². The van der Waals surface area contributed by atoms with Crippen LogP contribution < -0.4 is 5.32 Å². The molecule has 0 saturated carbocycles. The van der Waals surface area contributed by atoms with Crippen molar-refractivity contribution in [2.24, 2.45) is 5.92 Å². The van der Waals surface area contributed by atoms with Gasteiger partial charge >= 0.3 is 5.97 Å². The molecule has 6 heteroatoms. The summed E-state index contributed by atoms with van der Waals surface area (Å²) in [5.41, 5.74) is 1.06. The van der Waals surface area contributed by atoms with Crippen molar-refractivity contribution in [1.29, 1.82) is 0 Å². The Bertz CT molecular complexity index is 577. The molecule has 0 radical (unpaired) electrons. The number of methoxy groups -OCH3 is 1. The van der Waals surface area contributed by atoms with E-state index in [1.807, 2.05) is 4.90 Å². The van der Waals surface area contributed by atoms with E-state index >= 15 is 0 Å². The van der Waals surface area contributed by atoms with E-state index in [0.717, 1.165) is 19.5 Å². The lowest BCUT2D eigenvalue weighted by Gasteiger charge is -2.31. The van der Waals surface area contributed by atoms with Crippen LogP contribution >= 0.6 is 11.6 Å². The number of piperidine rings is 1. The zero-order valence-electron chi connectivity index (χ0n) is 13.6. The molecular weight excluding hydrogens is 316 g/mol. The lowest BCUT2D eigenvalue weighted by atomic mass is 10.00. The number of carbonyl (C=O) groups excluding carboxylic acids is 2. The van der Waals surface area contributed by atoms with E-state index in [1.165, 1.54) is 13.5 Å². The third-order valence-corrected chi connectivity index (χ3v) is 4.38. The Morgan fingerprint density at radius 1 is 1.43 bits per heavy atom. The second kappa shape index (κ2) is 8.20. The smallest absolute Gasteiger partial charge is 0.337 e. The van der Waals surface area contributed by atoms with Crippen LogP contribution in [0.15, 0.2) is 18.2 Å². The molecule has 0 aromatic heterocycles. The van der Waals surface area contributed by atoms with Gasteiger partial charge in [0.15, 0.2) is 0 Å². The van der Waals surface area contributed by atoms with E-state index in [4.69, 9.17) is 16.3 Å². The van der Waals surface area contributed by atoms with Gasteiger partial charge in [-0.2, -0.15) is 0 Å². The SMILES string of the molecule is COC(=O)c1ccc(Cl)c(NCCC(=O)N2CCCC(C)C2)c1. The maximum Gasteiger partial charge on any atom is 0.337 e. The number of amides is 1. The predicted octanol–water partition coefficient (Wildman–Crippen LogP) is 3.19. The Balaban J connectivity index is 1.88. The molecule has 0 bridgehead atoms. The van der Waals surface area contributed by atoms with Crippen molar-refractivity contribution in [2.45, 2.75) is 26.2 Å². The Kier molecular flexibility index (Phi) is 6.28. The summed E-state index contributed by atoms with van der Waals surface area (Å²) in [5.74, 6) is 0.319. The van der Waals surface area contributed by atoms with Gasteiger partial charge in [-0.1, -0.05) is 18.5 Å². The van der Waals surface area contributed by atoms with Crippen LogP contribution in [0.4, 0.5) is 5.69 Å². The summed E-state index contributed by atoms with van der Waals surface area (Å²) >= 11 is 6.12. The fourth-order valence-electron chi connectivity index (χ4n) is 2.78. The van der Waals surface area contributed by atoms with E-state index in [9.17, 15) is 9.59 Å². The summed E-state index contributed by atoms with van der Waals surface area (Å²) in [6.45, 7) is 4.35. The minimum atomic E-state index is -0.414. The number of likely N-dealkylation sites (tertiary alicyclic amines) is 1. The van der Waals surface area contributed by atoms with Crippen molar-refractivity contribution >= 4 is 29.2 Å². The van der Waals surface area contributed by atoms with Crippen molar-refractivity contribution in [2.75, 3.05) is 32.1 Å². The van der Waals surface area contributed by atoms with Crippen molar-refractivity contribution in [3.63, 3.8) is 0 Å². The molecule has 2 rings (SSSR count). The molecule has 1 aromatic carbocycles. The first kappa shape index (κ1) is 17.6. The number of hydrogen-bond donors (Lipinski definition) is 1. The van der Waals surface area contributed by atoms with E-state index < -0.39 is 5.97 Å². The number of esters is 1. The molecule has 1 N–H and O–H groups in total. The summed E-state index contributed by atoms with van der Waals surface area (Å²) in [6, 6.07) is 4.89. The Morgan fingerprint density at radius 3 is 2.91 bits per heavy atom. The highest BCUT2D eigenvalue weighted by molar-refractivity contribution is 6.33. The largest absolute Gasteiger partial charge is 0.465 e. The number of ether oxygens (including phenoxy) is 1. The number of nitrogens with zero attached hydrogens (tertiary/aromatic N) is 1. The van der Waals surface area contributed by atoms with Gasteiger partial charge in [-0.15, -0.1) is 0 Å². The Hall–Kier alpha value is -1.75. The minimum absolute atomic E-state index is 0.157. The number of benzene rings is 1. The highest BCUT2D eigenvalue weighted by Gasteiger charge is 2.20. The fourth-order valence-corrected chi connectivity index (χ4v) is 2.97. The van der Waals surface area contributed by atoms with Crippen LogP contribution in [0.25, 0.3) is 0 Å². The molecule has 1 fully saturated rings. The van der Waals surface area contributed by atoms with Gasteiger partial charge in [0.1, 0.15) is 0 Å². The Morgan fingerprint density at radius 2 is 2.22 bits per heavy atom. The minimum Gasteiger partial charge on any atom is -0.465 e. The van der Waals surface area contributed by atoms with Crippen LogP contribution in [0.5, 0.6) is 0 Å². The summed E-state index contributed by atoms with van der Waals surface area (Å²) < 4.78 is 4.69. The van der Waals surface area contributed by atoms with Crippen molar-refractivity contribution in [3.05, 3.63) is 28.8 Å². The first-order chi connectivity index (χ1) is 11.0. The average molecular weight is 339 g/mol. The van der Waals surface area contributed by atoms with Crippen LogP contribution in [0.1, 0.15) is 36.5 Å². The molecule has 1 saturated heterocycles. The molecule has 23 heavy (non-hydrogen) atoms. The van der Waals surface area contributed by atoms with Crippen molar-refractivity contribution < 1.29 is 14.3 Å². The topological polar surface area (TPSA) is 58.6 Å². The standard InChI is InChI=1S/C17H23ClN2O3/c1-12-4-3-9-20(11-12)16(21)7-8-19-15-10-13(17(22)23-2)5-6-14(15)18/h5-6,10,12,19H,3-4,7-9,11H2,1-2H3. The number of carbonyl (C=O) groups is 2. The monoisotopic (exact) mass is 338 g/mol. The number of hydrogen-bond acceptors (Lipinski definition) is 4. The second-order valence-electron chi connectivity index (χ2n) is 5.95. The zero-order chi connectivity index (χ0) is 16.8. The molecular formula is C17H23ClN2O3. The molecule has 0 spiro atoms. The van der Waals surface area contributed by atoms with E-state index in [2.05, 4.69) is 12.2 Å². The summed E-state index contributed by atoms with van der Waals surface area (Å²) in [6.07, 6.45) is 2.68. The summed E-state index contributed by atoms with van der Waals surface area (Å²) in [4.78, 5) is 25.7. The van der Waals surface area contributed by atoms with Gasteiger partial charge < -0.3 is 15.0 Å². The molecule has 1 heterocycles. The lowest BCUT2D eigenvalue weighted by molar-refractivity contribution is -0.132. The molecule has 126 valence electrons. The first-order valence-corrected chi connectivity index (χ1v) is 8.28. The van der Waals surface area contributed by atoms with Gasteiger partial charge in [0.25, 0.3) is 0 Å². The molecule has 1 unspecified atom stereocenters. The van der Waals surface area contributed by atoms with Gasteiger partial charge in [-0.05, 0) is 37.0 Å². The molecule has 5 nitrogen and oxygen atoms in total. The number of nitrogens with one attached hydrogen (secondary N) is 1. The maximum atomic E-state index is 12.2. The van der Waals surface area contributed by atoms with Crippen LogP contribution in [0.2, 0.25) is 5.02 Å². The average Bonchev–Trinajstić information content (AvgIpc) is 2.55. The number of anilines is 1. The third-order valence-electron chi connectivity index (χ3n) is 4.05. The van der Waals surface area contributed by atoms with Crippen molar-refractivity contribution in [1.82, 2.24) is 4.90 Å². The highest BCUT2D eigenvalue weighted by atomic mass is 35.5. The van der Waals surface area contributed by atoms with Crippen LogP contribution in [0, 0.1) is 5.92 Å². The van der Waals surface area contributed by atoms with E-state index in [-0.39, 0.29) is 5.91 Å². The normalized spacial score (nSPS) is 17.7. The zero-order valence-corrected chi connectivity index (χ0v) is 14.4. The Labute approximate surface area is 141 Å². The van der Waals surface area contributed by atoms with Crippen LogP contribution in [0.3, 0.4) is 0 Å². The maximum absolute atomic E-state index is 12.2. The number of rotatable bonds is 5. The van der Waals surface area contributed by atoms with Crippen LogP contribution in [-0.2, 0) is 9.53 Å². The predicted molar refractivity (Wildman–Crippen MR) is 90.9 cm³/mol. The van der Waals surface area contributed by atoms with Gasteiger partial charge in [-0.3, -0.25) is 4.79 Å². The van der Waals surface area contributed by atoms with Gasteiger partial charge in [-0.25, -0.2) is 4.79 Å². The van der Waals surface area contributed by atoms with Gasteiger partial charge in [0.2, 0.25) is 5.91 Å². The van der Waals surface area contributed by atoms with Crippen molar-refractivity contribution in [3.8, 4) is 0 Å². The van der Waals surface area contributed by atoms with Gasteiger partial charge in [0, 0.05) is 26.1 Å². The molecule has 1 atom stereocenters. The summed E-state index contributed by atoms with van der Waals surface area (Å²) in [7, 11) is 1.34. The van der Waals surface area contributed by atoms with Crippen LogP contribution in [-0.4, -0.2) is 43.5 Å². The highest BCUT2D eigenvalue weighted by Crippen LogP contribution is 2.23. The lowest BCUT2D eigenvalue weighted by Crippen LogP contribution is -2.39. The molecule has 1 aliphatic rings. The molecule has 1 aromatic rings. The molecule has 0 aliphatic carbocycles. The fraction of sp³-hybridized carbons (Fsp3) is 0.529. The second-order valence-corrected chi connectivity index (χ2v) is 6.36. The first-order valence-electron chi connectivity index (χ1n) is 7.90. The van der Waals surface area contributed by atoms with E-state index in [1.54, 1.807) is 18.2 Å². The summed E-state index contributed by atoms with van der Waals surface area (Å²) in [5, 5.41) is 3.64. The number of halogens is 1. The third kappa shape index (κ3) is 4.86.